The molecule has 4 rings (SSSR count). The first-order chi connectivity index (χ1) is 15.0. The van der Waals surface area contributed by atoms with E-state index < -0.39 is 11.9 Å². The molecule has 0 aliphatic carbocycles. The molecule has 0 spiro atoms. The molecular weight excluding hydrogens is 422 g/mol. The summed E-state index contributed by atoms with van der Waals surface area (Å²) in [7, 11) is 0. The summed E-state index contributed by atoms with van der Waals surface area (Å²) >= 11 is 1.49. The summed E-state index contributed by atoms with van der Waals surface area (Å²) in [6.07, 6.45) is 0.305. The number of benzene rings is 1. The number of carbonyl (C=O) groups is 3. The number of urea groups is 1. The first-order valence-corrected chi connectivity index (χ1v) is 10.8. The van der Waals surface area contributed by atoms with Gasteiger partial charge in [0.2, 0.25) is 18.6 Å². The van der Waals surface area contributed by atoms with Crippen LogP contribution in [0.15, 0.2) is 23.6 Å². The first-order valence-electron chi connectivity index (χ1n) is 9.88. The Morgan fingerprint density at radius 1 is 1.13 bits per heavy atom. The third-order valence-electron chi connectivity index (χ3n) is 4.94. The summed E-state index contributed by atoms with van der Waals surface area (Å²) in [6.45, 7) is 4.36. The molecule has 1 saturated heterocycles. The molecule has 0 radical (unpaired) electrons. The lowest BCUT2D eigenvalue weighted by Gasteiger charge is -2.34. The molecule has 4 amide bonds. The topological polar surface area (TPSA) is 113 Å². The molecule has 10 nitrogen and oxygen atoms in total. The molecule has 31 heavy (non-hydrogen) atoms. The van der Waals surface area contributed by atoms with Crippen LogP contribution in [0.2, 0.25) is 0 Å². The van der Waals surface area contributed by atoms with Gasteiger partial charge >= 0.3 is 6.03 Å². The minimum Gasteiger partial charge on any atom is -0.454 e. The lowest BCUT2D eigenvalue weighted by Crippen LogP contribution is -2.52. The average molecular weight is 446 g/mol. The van der Waals surface area contributed by atoms with E-state index in [-0.39, 0.29) is 19.2 Å². The monoisotopic (exact) mass is 445 g/mol. The standard InChI is InChI=1S/C20H23N5O5S/c1-13-11-31-18(21-13)9-19(27)25-6-4-24(5-7-25)10-17(26)23-20(28)22-14-2-3-15-16(8-14)30-12-29-15/h2-3,8,11H,4-7,9-10,12H2,1H3,(H2,22,23,26,28). The molecule has 1 fully saturated rings. The molecule has 0 saturated carbocycles. The van der Waals surface area contributed by atoms with Gasteiger partial charge in [0.05, 0.1) is 13.0 Å². The number of nitrogens with zero attached hydrogens (tertiary/aromatic N) is 3. The quantitative estimate of drug-likeness (QED) is 0.711. The van der Waals surface area contributed by atoms with E-state index in [1.165, 1.54) is 11.3 Å². The summed E-state index contributed by atoms with van der Waals surface area (Å²) in [5.74, 6) is 0.792. The van der Waals surface area contributed by atoms with Gasteiger partial charge in [0.15, 0.2) is 11.5 Å². The van der Waals surface area contributed by atoms with Crippen LogP contribution in [0.5, 0.6) is 11.5 Å². The fourth-order valence-electron chi connectivity index (χ4n) is 3.39. The van der Waals surface area contributed by atoms with Crippen LogP contribution in [0.25, 0.3) is 0 Å². The van der Waals surface area contributed by atoms with Crippen LogP contribution in [-0.4, -0.2) is 72.1 Å². The van der Waals surface area contributed by atoms with Crippen molar-refractivity contribution >= 4 is 34.9 Å². The number of fused-ring (bicyclic) bond motifs is 1. The van der Waals surface area contributed by atoms with Crippen molar-refractivity contribution in [2.45, 2.75) is 13.3 Å². The van der Waals surface area contributed by atoms with Crippen LogP contribution < -0.4 is 20.1 Å². The zero-order chi connectivity index (χ0) is 21.8. The molecular formula is C20H23N5O5S. The molecule has 11 heteroatoms. The number of imide groups is 1. The third-order valence-corrected chi connectivity index (χ3v) is 5.91. The summed E-state index contributed by atoms with van der Waals surface area (Å²) < 4.78 is 10.5. The van der Waals surface area contributed by atoms with Gasteiger partial charge in [-0.3, -0.25) is 19.8 Å². The molecule has 2 aromatic rings. The van der Waals surface area contributed by atoms with Crippen LogP contribution in [0.4, 0.5) is 10.5 Å². The third kappa shape index (κ3) is 5.50. The van der Waals surface area contributed by atoms with Gasteiger partial charge in [-0.05, 0) is 19.1 Å². The smallest absolute Gasteiger partial charge is 0.325 e. The van der Waals surface area contributed by atoms with Crippen LogP contribution in [0.1, 0.15) is 10.7 Å². The SMILES string of the molecule is Cc1csc(CC(=O)N2CCN(CC(=O)NC(=O)Nc3ccc4c(c3)OCO4)CC2)n1. The number of carbonyl (C=O) groups excluding carboxylic acids is 3. The summed E-state index contributed by atoms with van der Waals surface area (Å²) in [6, 6.07) is 4.38. The van der Waals surface area contributed by atoms with Gasteiger partial charge in [-0.25, -0.2) is 9.78 Å². The van der Waals surface area contributed by atoms with Gasteiger partial charge in [0.25, 0.3) is 0 Å². The molecule has 2 aliphatic rings. The fraction of sp³-hybridized carbons (Fsp3) is 0.400. The van der Waals surface area contributed by atoms with Gasteiger partial charge in [0.1, 0.15) is 5.01 Å². The zero-order valence-electron chi connectivity index (χ0n) is 17.1. The minimum absolute atomic E-state index is 0.0431. The Balaban J connectivity index is 1.18. The van der Waals surface area contributed by atoms with Crippen molar-refractivity contribution in [3.05, 3.63) is 34.3 Å². The van der Waals surface area contributed by atoms with Gasteiger partial charge < -0.3 is 19.7 Å². The molecule has 2 aliphatic heterocycles. The van der Waals surface area contributed by atoms with Gasteiger partial charge in [0, 0.05) is 49.0 Å². The number of hydrogen-bond donors (Lipinski definition) is 2. The van der Waals surface area contributed by atoms with E-state index in [2.05, 4.69) is 15.6 Å². The number of ether oxygens (including phenoxy) is 2. The van der Waals surface area contributed by atoms with Gasteiger partial charge in [-0.1, -0.05) is 0 Å². The zero-order valence-corrected chi connectivity index (χ0v) is 17.9. The van der Waals surface area contributed by atoms with Crippen molar-refractivity contribution in [2.24, 2.45) is 0 Å². The van der Waals surface area contributed by atoms with Gasteiger partial charge in [-0.2, -0.15) is 0 Å². The Kier molecular flexibility index (Phi) is 6.33. The maximum atomic E-state index is 12.4. The molecule has 0 unspecified atom stereocenters. The van der Waals surface area contributed by atoms with Crippen LogP contribution >= 0.6 is 11.3 Å². The maximum absolute atomic E-state index is 12.4. The summed E-state index contributed by atoms with van der Waals surface area (Å²) in [5, 5.41) is 7.68. The predicted octanol–water partition coefficient (Wildman–Crippen LogP) is 1.22. The number of nitrogens with one attached hydrogen (secondary N) is 2. The van der Waals surface area contributed by atoms with E-state index in [0.717, 1.165) is 10.7 Å². The second kappa shape index (κ2) is 9.31. The Labute approximate surface area is 183 Å². The van der Waals surface area contributed by atoms with Crippen LogP contribution in [-0.2, 0) is 16.0 Å². The average Bonchev–Trinajstić information content (AvgIpc) is 3.36. The van der Waals surface area contributed by atoms with E-state index in [4.69, 9.17) is 9.47 Å². The Bertz CT molecular complexity index is 986. The molecule has 0 atom stereocenters. The molecule has 0 bridgehead atoms. The van der Waals surface area contributed by atoms with E-state index in [0.29, 0.717) is 49.8 Å². The van der Waals surface area contributed by atoms with Crippen molar-refractivity contribution in [2.75, 3.05) is 44.8 Å². The van der Waals surface area contributed by atoms with Crippen LogP contribution in [0, 0.1) is 6.92 Å². The van der Waals surface area contributed by atoms with Gasteiger partial charge in [-0.15, -0.1) is 11.3 Å². The number of rotatable bonds is 5. The molecule has 3 heterocycles. The Morgan fingerprint density at radius 2 is 1.90 bits per heavy atom. The van der Waals surface area contributed by atoms with Crippen LogP contribution in [0.3, 0.4) is 0 Å². The number of aryl methyl sites for hydroxylation is 1. The number of anilines is 1. The molecule has 1 aromatic carbocycles. The van der Waals surface area contributed by atoms with E-state index in [9.17, 15) is 14.4 Å². The highest BCUT2D eigenvalue weighted by molar-refractivity contribution is 7.09. The van der Waals surface area contributed by atoms with E-state index >= 15 is 0 Å². The predicted molar refractivity (Wildman–Crippen MR) is 113 cm³/mol. The number of amides is 4. The highest BCUT2D eigenvalue weighted by Crippen LogP contribution is 2.34. The van der Waals surface area contributed by atoms with E-state index in [1.54, 1.807) is 23.1 Å². The molecule has 164 valence electrons. The Morgan fingerprint density at radius 3 is 2.65 bits per heavy atom. The summed E-state index contributed by atoms with van der Waals surface area (Å²) in [4.78, 5) is 44.8. The lowest BCUT2D eigenvalue weighted by molar-refractivity contribution is -0.132. The largest absolute Gasteiger partial charge is 0.454 e. The highest BCUT2D eigenvalue weighted by atomic mass is 32.1. The first kappa shape index (κ1) is 21.1. The summed E-state index contributed by atoms with van der Waals surface area (Å²) in [5.41, 5.74) is 1.42. The number of aromatic nitrogens is 1. The molecule has 1 aromatic heterocycles. The van der Waals surface area contributed by atoms with Crippen molar-refractivity contribution < 1.29 is 23.9 Å². The minimum atomic E-state index is -0.614. The lowest BCUT2D eigenvalue weighted by atomic mass is 10.2. The second-order valence-corrected chi connectivity index (χ2v) is 8.23. The fourth-order valence-corrected chi connectivity index (χ4v) is 4.15. The van der Waals surface area contributed by atoms with Crippen molar-refractivity contribution in [3.8, 4) is 11.5 Å². The Hall–Kier alpha value is -3.18. The normalized spacial score (nSPS) is 15.6. The van der Waals surface area contributed by atoms with Crippen molar-refractivity contribution in [1.82, 2.24) is 20.1 Å². The van der Waals surface area contributed by atoms with E-state index in [1.807, 2.05) is 17.2 Å². The highest BCUT2D eigenvalue weighted by Gasteiger charge is 2.23. The second-order valence-electron chi connectivity index (χ2n) is 7.29. The number of piperazine rings is 1. The number of hydrogen-bond acceptors (Lipinski definition) is 8. The van der Waals surface area contributed by atoms with Crippen molar-refractivity contribution in [1.29, 1.82) is 0 Å². The molecule has 2 N–H and O–H groups in total. The maximum Gasteiger partial charge on any atom is 0.325 e. The van der Waals surface area contributed by atoms with Crippen molar-refractivity contribution in [3.63, 3.8) is 0 Å². The number of thiazole rings is 1.